The van der Waals surface area contributed by atoms with Crippen LogP contribution >= 0.6 is 0 Å². The second-order valence-electron chi connectivity index (χ2n) is 3.85. The molecule has 0 aliphatic carbocycles. The molecule has 14 heavy (non-hydrogen) atoms. The number of aromatic nitrogens is 2. The van der Waals surface area contributed by atoms with Gasteiger partial charge in [-0.3, -0.25) is 0 Å². The lowest BCUT2D eigenvalue weighted by Crippen LogP contribution is -2.29. The molecular weight excluding hydrogens is 176 g/mol. The van der Waals surface area contributed by atoms with E-state index in [2.05, 4.69) is 27.0 Å². The third kappa shape index (κ3) is 1.62. The average molecular weight is 194 g/mol. The Morgan fingerprint density at radius 3 is 3.14 bits per heavy atom. The van der Waals surface area contributed by atoms with Gasteiger partial charge in [0.05, 0.1) is 6.20 Å². The van der Waals surface area contributed by atoms with E-state index in [1.165, 1.54) is 17.8 Å². The zero-order valence-corrected chi connectivity index (χ0v) is 8.95. The molecule has 1 N–H and O–H groups in total. The summed E-state index contributed by atoms with van der Waals surface area (Å²) in [6.07, 6.45) is 4.28. The van der Waals surface area contributed by atoms with Crippen molar-refractivity contribution in [2.75, 3.05) is 32.1 Å². The van der Waals surface area contributed by atoms with Gasteiger partial charge in [0.1, 0.15) is 5.82 Å². The fourth-order valence-electron chi connectivity index (χ4n) is 2.02. The van der Waals surface area contributed by atoms with Crippen LogP contribution in [-0.2, 0) is 13.0 Å². The van der Waals surface area contributed by atoms with Crippen molar-refractivity contribution >= 4 is 5.82 Å². The lowest BCUT2D eigenvalue weighted by Gasteiger charge is -2.26. The first kappa shape index (κ1) is 9.52. The highest BCUT2D eigenvalue weighted by Crippen LogP contribution is 2.23. The molecule has 0 bridgehead atoms. The number of nitrogens with zero attached hydrogens (tertiary/aromatic N) is 3. The van der Waals surface area contributed by atoms with E-state index in [9.17, 15) is 0 Å². The Kier molecular flexibility index (Phi) is 2.72. The molecule has 78 valence electrons. The molecule has 0 fully saturated rings. The van der Waals surface area contributed by atoms with Gasteiger partial charge in [0, 0.05) is 25.7 Å². The normalized spacial score (nSPS) is 15.7. The number of aryl methyl sites for hydroxylation is 1. The SMILES string of the molecule is CNCCc1cnn2c1N(C)CCC2. The van der Waals surface area contributed by atoms with Crippen LogP contribution in [0.4, 0.5) is 5.82 Å². The maximum absolute atomic E-state index is 4.41. The first-order valence-electron chi connectivity index (χ1n) is 5.23. The molecule has 2 rings (SSSR count). The number of likely N-dealkylation sites (N-methyl/N-ethyl adjacent to an activating group) is 1. The standard InChI is InChI=1S/C10H18N4/c1-11-5-4-9-8-12-14-7-3-6-13(2)10(9)14/h8,11H,3-7H2,1-2H3. The number of anilines is 1. The Bertz CT molecular complexity index is 305. The highest BCUT2D eigenvalue weighted by Gasteiger charge is 2.17. The smallest absolute Gasteiger partial charge is 0.129 e. The fourth-order valence-corrected chi connectivity index (χ4v) is 2.02. The number of rotatable bonds is 3. The van der Waals surface area contributed by atoms with Gasteiger partial charge in [-0.2, -0.15) is 5.10 Å². The van der Waals surface area contributed by atoms with E-state index in [-0.39, 0.29) is 0 Å². The summed E-state index contributed by atoms with van der Waals surface area (Å²) >= 11 is 0. The number of hydrogen-bond acceptors (Lipinski definition) is 3. The van der Waals surface area contributed by atoms with E-state index in [0.29, 0.717) is 0 Å². The van der Waals surface area contributed by atoms with Crippen molar-refractivity contribution in [1.29, 1.82) is 0 Å². The zero-order chi connectivity index (χ0) is 9.97. The molecule has 0 spiro atoms. The summed E-state index contributed by atoms with van der Waals surface area (Å²) in [7, 11) is 4.13. The van der Waals surface area contributed by atoms with Crippen molar-refractivity contribution in [3.05, 3.63) is 11.8 Å². The highest BCUT2D eigenvalue weighted by molar-refractivity contribution is 5.47. The third-order valence-corrected chi connectivity index (χ3v) is 2.75. The van der Waals surface area contributed by atoms with Crippen molar-refractivity contribution in [1.82, 2.24) is 15.1 Å². The topological polar surface area (TPSA) is 33.1 Å². The van der Waals surface area contributed by atoms with Gasteiger partial charge >= 0.3 is 0 Å². The molecule has 1 aliphatic rings. The summed E-state index contributed by atoms with van der Waals surface area (Å²) in [6.45, 7) is 3.24. The van der Waals surface area contributed by atoms with Gasteiger partial charge in [0.25, 0.3) is 0 Å². The number of hydrogen-bond donors (Lipinski definition) is 1. The Morgan fingerprint density at radius 1 is 1.50 bits per heavy atom. The molecule has 0 amide bonds. The Morgan fingerprint density at radius 2 is 2.36 bits per heavy atom. The molecule has 0 saturated heterocycles. The van der Waals surface area contributed by atoms with Gasteiger partial charge in [0.2, 0.25) is 0 Å². The lowest BCUT2D eigenvalue weighted by molar-refractivity contribution is 0.532. The van der Waals surface area contributed by atoms with E-state index in [1.807, 2.05) is 13.2 Å². The molecule has 0 aromatic carbocycles. The van der Waals surface area contributed by atoms with Gasteiger partial charge < -0.3 is 10.2 Å². The Balaban J connectivity index is 2.20. The van der Waals surface area contributed by atoms with Crippen LogP contribution in [0.5, 0.6) is 0 Å². The molecule has 1 aliphatic heterocycles. The summed E-state index contributed by atoms with van der Waals surface area (Å²) < 4.78 is 2.12. The Hall–Kier alpha value is -1.03. The maximum atomic E-state index is 4.41. The molecule has 1 aromatic rings. The van der Waals surface area contributed by atoms with Crippen molar-refractivity contribution in [3.8, 4) is 0 Å². The van der Waals surface area contributed by atoms with Gasteiger partial charge in [-0.15, -0.1) is 0 Å². The molecule has 0 radical (unpaired) electrons. The monoisotopic (exact) mass is 194 g/mol. The second-order valence-corrected chi connectivity index (χ2v) is 3.85. The molecule has 4 heteroatoms. The Labute approximate surface area is 84.9 Å². The predicted octanol–water partition coefficient (Wildman–Crippen LogP) is 0.485. The zero-order valence-electron chi connectivity index (χ0n) is 8.95. The van der Waals surface area contributed by atoms with Crippen LogP contribution in [0.1, 0.15) is 12.0 Å². The maximum Gasteiger partial charge on any atom is 0.129 e. The molecule has 1 aromatic heterocycles. The van der Waals surface area contributed by atoms with Gasteiger partial charge in [-0.1, -0.05) is 0 Å². The van der Waals surface area contributed by atoms with E-state index >= 15 is 0 Å². The van der Waals surface area contributed by atoms with Crippen LogP contribution in [0.2, 0.25) is 0 Å². The highest BCUT2D eigenvalue weighted by atomic mass is 15.4. The van der Waals surface area contributed by atoms with Crippen LogP contribution in [-0.4, -0.2) is 37.0 Å². The van der Waals surface area contributed by atoms with Crippen molar-refractivity contribution in [3.63, 3.8) is 0 Å². The molecular formula is C10H18N4. The lowest BCUT2D eigenvalue weighted by atomic mass is 10.2. The summed E-state index contributed by atoms with van der Waals surface area (Å²) in [5, 5.41) is 7.58. The van der Waals surface area contributed by atoms with Crippen LogP contribution in [0.15, 0.2) is 6.20 Å². The second kappa shape index (κ2) is 4.00. The fraction of sp³-hybridized carbons (Fsp3) is 0.700. The van der Waals surface area contributed by atoms with E-state index in [0.717, 1.165) is 26.1 Å². The average Bonchev–Trinajstić information content (AvgIpc) is 2.59. The first-order valence-corrected chi connectivity index (χ1v) is 5.23. The van der Waals surface area contributed by atoms with Crippen LogP contribution in [0.3, 0.4) is 0 Å². The molecule has 0 atom stereocenters. The molecule has 0 saturated carbocycles. The van der Waals surface area contributed by atoms with Crippen molar-refractivity contribution in [2.24, 2.45) is 0 Å². The summed E-state index contributed by atoms with van der Waals surface area (Å²) in [6, 6.07) is 0. The van der Waals surface area contributed by atoms with Crippen LogP contribution in [0.25, 0.3) is 0 Å². The molecule has 2 heterocycles. The predicted molar refractivity (Wildman–Crippen MR) is 57.7 cm³/mol. The van der Waals surface area contributed by atoms with E-state index in [1.54, 1.807) is 0 Å². The third-order valence-electron chi connectivity index (χ3n) is 2.75. The molecule has 0 unspecified atom stereocenters. The summed E-state index contributed by atoms with van der Waals surface area (Å²) in [4.78, 5) is 2.31. The minimum atomic E-state index is 1.02. The summed E-state index contributed by atoms with van der Waals surface area (Å²) in [5.41, 5.74) is 1.36. The van der Waals surface area contributed by atoms with Crippen LogP contribution < -0.4 is 10.2 Å². The first-order chi connectivity index (χ1) is 6.83. The van der Waals surface area contributed by atoms with Gasteiger partial charge in [-0.05, 0) is 26.4 Å². The molecule has 4 nitrogen and oxygen atoms in total. The van der Waals surface area contributed by atoms with Gasteiger partial charge in [-0.25, -0.2) is 4.68 Å². The van der Waals surface area contributed by atoms with E-state index < -0.39 is 0 Å². The minimum absolute atomic E-state index is 1.02. The number of fused-ring (bicyclic) bond motifs is 1. The van der Waals surface area contributed by atoms with Crippen LogP contribution in [0, 0.1) is 0 Å². The van der Waals surface area contributed by atoms with E-state index in [4.69, 9.17) is 0 Å². The van der Waals surface area contributed by atoms with Crippen molar-refractivity contribution < 1.29 is 0 Å². The largest absolute Gasteiger partial charge is 0.360 e. The summed E-state index contributed by atoms with van der Waals surface area (Å²) in [5.74, 6) is 1.31. The quantitative estimate of drug-likeness (QED) is 0.760. The van der Waals surface area contributed by atoms with Crippen molar-refractivity contribution in [2.45, 2.75) is 19.4 Å². The van der Waals surface area contributed by atoms with Gasteiger partial charge in [0.15, 0.2) is 0 Å². The number of nitrogens with one attached hydrogen (secondary N) is 1. The minimum Gasteiger partial charge on any atom is -0.360 e.